The zero-order valence-electron chi connectivity index (χ0n) is 15.3. The highest BCUT2D eigenvalue weighted by Crippen LogP contribution is 2.23. The molecular weight excluding hydrogens is 339 g/mol. The van der Waals surface area contributed by atoms with E-state index in [1.54, 1.807) is 6.07 Å². The molecule has 0 heterocycles. The first-order valence-electron chi connectivity index (χ1n) is 9.08. The van der Waals surface area contributed by atoms with E-state index in [2.05, 4.69) is 29.7 Å². The van der Waals surface area contributed by atoms with Gasteiger partial charge < -0.3 is 5.32 Å². The Morgan fingerprint density at radius 3 is 2.33 bits per heavy atom. The summed E-state index contributed by atoms with van der Waals surface area (Å²) in [6.45, 7) is 2.22. The van der Waals surface area contributed by atoms with Gasteiger partial charge in [0.1, 0.15) is 5.82 Å². The van der Waals surface area contributed by atoms with Crippen LogP contribution >= 0.6 is 0 Å². The van der Waals surface area contributed by atoms with E-state index in [-0.39, 0.29) is 24.3 Å². The molecule has 3 aromatic rings. The van der Waals surface area contributed by atoms with Gasteiger partial charge in [0.15, 0.2) is 0 Å². The summed E-state index contributed by atoms with van der Waals surface area (Å²) in [5.41, 5.74) is 3.76. The van der Waals surface area contributed by atoms with Crippen LogP contribution in [0.1, 0.15) is 29.7 Å². The average molecular weight is 362 g/mol. The molecule has 1 atom stereocenters. The first kappa shape index (κ1) is 18.8. The minimum atomic E-state index is -0.293. The van der Waals surface area contributed by atoms with Gasteiger partial charge >= 0.3 is 0 Å². The second-order valence-corrected chi connectivity index (χ2v) is 6.38. The maximum atomic E-state index is 13.7. The molecule has 138 valence electrons. The van der Waals surface area contributed by atoms with E-state index in [0.717, 1.165) is 23.2 Å². The van der Waals surface area contributed by atoms with Crippen LogP contribution in [0.2, 0.25) is 0 Å². The number of hydrogen-bond acceptors (Lipinski definition) is 2. The monoisotopic (exact) mass is 362 g/mol. The van der Waals surface area contributed by atoms with Gasteiger partial charge in [-0.2, -0.15) is 0 Å². The molecule has 4 heteroatoms. The number of carbonyl (C=O) groups is 1. The Kier molecular flexibility index (Phi) is 6.34. The summed E-state index contributed by atoms with van der Waals surface area (Å²) in [6.07, 6.45) is 0.956. The van der Waals surface area contributed by atoms with E-state index in [4.69, 9.17) is 0 Å². The Balaban J connectivity index is 1.76. The topological polar surface area (TPSA) is 41.1 Å². The largest absolute Gasteiger partial charge is 0.325 e. The van der Waals surface area contributed by atoms with Crippen LogP contribution in [0.25, 0.3) is 0 Å². The second-order valence-electron chi connectivity index (χ2n) is 6.38. The maximum Gasteiger partial charge on any atom is 0.238 e. The lowest BCUT2D eigenvalue weighted by Crippen LogP contribution is -2.32. The number of para-hydroxylation sites is 1. The molecule has 0 fully saturated rings. The molecule has 1 amide bonds. The molecule has 0 bridgehead atoms. The third-order valence-corrected chi connectivity index (χ3v) is 4.43. The van der Waals surface area contributed by atoms with Crippen LogP contribution in [0, 0.1) is 5.82 Å². The molecule has 3 aromatic carbocycles. The lowest BCUT2D eigenvalue weighted by atomic mass is 9.97. The summed E-state index contributed by atoms with van der Waals surface area (Å²) in [4.78, 5) is 12.3. The van der Waals surface area contributed by atoms with Crippen molar-refractivity contribution in [2.45, 2.75) is 19.4 Å². The predicted molar refractivity (Wildman–Crippen MR) is 107 cm³/mol. The van der Waals surface area contributed by atoms with Gasteiger partial charge in [-0.3, -0.25) is 10.1 Å². The maximum absolute atomic E-state index is 13.7. The van der Waals surface area contributed by atoms with Gasteiger partial charge in [-0.1, -0.05) is 61.5 Å². The van der Waals surface area contributed by atoms with Crippen molar-refractivity contribution in [2.75, 3.05) is 11.9 Å². The van der Waals surface area contributed by atoms with Gasteiger partial charge in [-0.15, -0.1) is 0 Å². The molecule has 3 nitrogen and oxygen atoms in total. The van der Waals surface area contributed by atoms with Crippen LogP contribution in [0.5, 0.6) is 0 Å². The van der Waals surface area contributed by atoms with Gasteiger partial charge in [0.25, 0.3) is 0 Å². The van der Waals surface area contributed by atoms with Gasteiger partial charge in [-0.05, 0) is 47.4 Å². The Labute approximate surface area is 159 Å². The summed E-state index contributed by atoms with van der Waals surface area (Å²) in [5, 5.41) is 6.11. The highest BCUT2D eigenvalue weighted by atomic mass is 19.1. The normalized spacial score (nSPS) is 11.8. The minimum Gasteiger partial charge on any atom is -0.325 e. The molecule has 0 saturated heterocycles. The lowest BCUT2D eigenvalue weighted by molar-refractivity contribution is -0.115. The van der Waals surface area contributed by atoms with Crippen LogP contribution in [-0.4, -0.2) is 12.5 Å². The minimum absolute atomic E-state index is 0.117. The molecule has 0 saturated carbocycles. The Morgan fingerprint density at radius 2 is 1.67 bits per heavy atom. The van der Waals surface area contributed by atoms with Gasteiger partial charge in [0.05, 0.1) is 12.6 Å². The summed E-state index contributed by atoms with van der Waals surface area (Å²) >= 11 is 0. The lowest BCUT2D eigenvalue weighted by Gasteiger charge is -2.20. The second kappa shape index (κ2) is 9.10. The Bertz CT molecular complexity index is 878. The molecule has 27 heavy (non-hydrogen) atoms. The highest BCUT2D eigenvalue weighted by molar-refractivity contribution is 5.92. The van der Waals surface area contributed by atoms with Crippen molar-refractivity contribution < 1.29 is 9.18 Å². The molecule has 3 rings (SSSR count). The molecule has 0 spiro atoms. The number of benzene rings is 3. The van der Waals surface area contributed by atoms with Crippen molar-refractivity contribution in [3.05, 3.63) is 101 Å². The van der Waals surface area contributed by atoms with E-state index < -0.39 is 0 Å². The number of carbonyl (C=O) groups excluding carboxylic acids is 1. The van der Waals surface area contributed by atoms with Crippen molar-refractivity contribution in [3.63, 3.8) is 0 Å². The van der Waals surface area contributed by atoms with Crippen LogP contribution in [0.15, 0.2) is 78.9 Å². The molecule has 0 radical (unpaired) electrons. The summed E-state index contributed by atoms with van der Waals surface area (Å²) in [7, 11) is 0. The molecule has 0 aromatic heterocycles. The van der Waals surface area contributed by atoms with Crippen molar-refractivity contribution in [1.29, 1.82) is 0 Å². The van der Waals surface area contributed by atoms with Crippen molar-refractivity contribution >= 4 is 11.6 Å². The quantitative estimate of drug-likeness (QED) is 0.639. The van der Waals surface area contributed by atoms with Crippen molar-refractivity contribution in [3.8, 4) is 0 Å². The fourth-order valence-electron chi connectivity index (χ4n) is 2.98. The fourth-order valence-corrected chi connectivity index (χ4v) is 2.98. The number of aryl methyl sites for hydroxylation is 1. The van der Waals surface area contributed by atoms with E-state index in [9.17, 15) is 9.18 Å². The van der Waals surface area contributed by atoms with Gasteiger partial charge in [0.2, 0.25) is 5.91 Å². The van der Waals surface area contributed by atoms with Crippen molar-refractivity contribution in [1.82, 2.24) is 5.32 Å². The van der Waals surface area contributed by atoms with E-state index in [1.165, 1.54) is 17.7 Å². The summed E-state index contributed by atoms with van der Waals surface area (Å²) < 4.78 is 13.7. The van der Waals surface area contributed by atoms with Crippen LogP contribution in [0.4, 0.5) is 10.1 Å². The predicted octanol–water partition coefficient (Wildman–Crippen LogP) is 4.71. The standard InChI is InChI=1S/C23H23FN2O/c1-2-17-11-13-18(14-12-17)23(19-7-6-8-20(24)15-19)25-16-22(27)26-21-9-4-3-5-10-21/h3-15,23,25H,2,16H2,1H3,(H,26,27)/t23-/m0/s1. The zero-order chi connectivity index (χ0) is 19.1. The number of nitrogens with one attached hydrogen (secondary N) is 2. The van der Waals surface area contributed by atoms with E-state index in [1.807, 2.05) is 48.5 Å². The summed E-state index contributed by atoms with van der Waals surface area (Å²) in [5.74, 6) is -0.439. The van der Waals surface area contributed by atoms with E-state index in [0.29, 0.717) is 0 Å². The fraction of sp³-hybridized carbons (Fsp3) is 0.174. The molecule has 0 aliphatic heterocycles. The molecular formula is C23H23FN2O. The first-order valence-corrected chi connectivity index (χ1v) is 9.08. The molecule has 0 unspecified atom stereocenters. The number of anilines is 1. The molecule has 2 N–H and O–H groups in total. The summed E-state index contributed by atoms with van der Waals surface area (Å²) in [6, 6.07) is 23.7. The third kappa shape index (κ3) is 5.25. The number of amides is 1. The van der Waals surface area contributed by atoms with Crippen LogP contribution < -0.4 is 10.6 Å². The van der Waals surface area contributed by atoms with Crippen LogP contribution in [0.3, 0.4) is 0 Å². The van der Waals surface area contributed by atoms with Crippen molar-refractivity contribution in [2.24, 2.45) is 0 Å². The first-order chi connectivity index (χ1) is 13.2. The smallest absolute Gasteiger partial charge is 0.238 e. The SMILES string of the molecule is CCc1ccc([C@H](NCC(=O)Nc2ccccc2)c2cccc(F)c2)cc1. The number of halogens is 1. The number of rotatable bonds is 7. The van der Waals surface area contributed by atoms with Gasteiger partial charge in [0, 0.05) is 5.69 Å². The Morgan fingerprint density at radius 1 is 0.926 bits per heavy atom. The average Bonchev–Trinajstić information content (AvgIpc) is 2.69. The molecule has 0 aliphatic rings. The zero-order valence-corrected chi connectivity index (χ0v) is 15.3. The highest BCUT2D eigenvalue weighted by Gasteiger charge is 2.16. The number of hydrogen-bond donors (Lipinski definition) is 2. The van der Waals surface area contributed by atoms with E-state index >= 15 is 0 Å². The third-order valence-electron chi connectivity index (χ3n) is 4.43. The van der Waals surface area contributed by atoms with Crippen LogP contribution in [-0.2, 0) is 11.2 Å². The molecule has 0 aliphatic carbocycles. The van der Waals surface area contributed by atoms with Gasteiger partial charge in [-0.25, -0.2) is 4.39 Å². The Hall–Kier alpha value is -2.98.